The Morgan fingerprint density at radius 1 is 1.63 bits per heavy atom. The second-order valence-electron chi connectivity index (χ2n) is 5.63. The Kier molecular flexibility index (Phi) is 3.99. The highest BCUT2D eigenvalue weighted by Gasteiger charge is 2.31. The van der Waals surface area contributed by atoms with Gasteiger partial charge < -0.3 is 10.6 Å². The monoisotopic (exact) mass is 264 g/mol. The normalized spacial score (nSPS) is 21.9. The first-order chi connectivity index (χ1) is 9.00. The van der Waals surface area contributed by atoms with E-state index in [0.717, 1.165) is 6.54 Å². The van der Waals surface area contributed by atoms with Gasteiger partial charge in [-0.2, -0.15) is 0 Å². The first kappa shape index (κ1) is 13.7. The molecule has 19 heavy (non-hydrogen) atoms. The SMILES string of the molecule is CC1(C)CCCNC1CNc1ccncc1[N+](=O)[O-]. The van der Waals surface area contributed by atoms with E-state index < -0.39 is 4.92 Å². The minimum atomic E-state index is -0.408. The highest BCUT2D eigenvalue weighted by molar-refractivity contribution is 5.59. The van der Waals surface area contributed by atoms with Crippen LogP contribution in [0.1, 0.15) is 26.7 Å². The van der Waals surface area contributed by atoms with Crippen molar-refractivity contribution in [1.29, 1.82) is 0 Å². The molecule has 1 unspecified atom stereocenters. The molecule has 1 atom stereocenters. The Morgan fingerprint density at radius 2 is 2.42 bits per heavy atom. The molecular weight excluding hydrogens is 244 g/mol. The lowest BCUT2D eigenvalue weighted by atomic mass is 9.77. The van der Waals surface area contributed by atoms with Gasteiger partial charge in [0, 0.05) is 18.8 Å². The van der Waals surface area contributed by atoms with Gasteiger partial charge >= 0.3 is 5.69 Å². The van der Waals surface area contributed by atoms with Crippen LogP contribution >= 0.6 is 0 Å². The number of nitrogens with one attached hydrogen (secondary N) is 2. The number of pyridine rings is 1. The molecule has 2 N–H and O–H groups in total. The molecule has 2 heterocycles. The molecule has 0 spiro atoms. The van der Waals surface area contributed by atoms with Crippen molar-refractivity contribution < 1.29 is 4.92 Å². The van der Waals surface area contributed by atoms with Crippen molar-refractivity contribution in [2.75, 3.05) is 18.4 Å². The molecular formula is C13H20N4O2. The van der Waals surface area contributed by atoms with Crippen molar-refractivity contribution in [2.24, 2.45) is 5.41 Å². The van der Waals surface area contributed by atoms with E-state index >= 15 is 0 Å². The van der Waals surface area contributed by atoms with E-state index in [2.05, 4.69) is 29.5 Å². The number of hydrogen-bond acceptors (Lipinski definition) is 5. The van der Waals surface area contributed by atoms with Crippen LogP contribution < -0.4 is 10.6 Å². The van der Waals surface area contributed by atoms with E-state index in [0.29, 0.717) is 18.3 Å². The van der Waals surface area contributed by atoms with E-state index in [-0.39, 0.29) is 11.1 Å². The first-order valence-electron chi connectivity index (χ1n) is 6.56. The summed E-state index contributed by atoms with van der Waals surface area (Å²) in [5.74, 6) is 0. The smallest absolute Gasteiger partial charge is 0.310 e. The van der Waals surface area contributed by atoms with Crippen LogP contribution in [0.4, 0.5) is 11.4 Å². The maximum Gasteiger partial charge on any atom is 0.310 e. The van der Waals surface area contributed by atoms with Gasteiger partial charge in [0.1, 0.15) is 11.9 Å². The molecule has 1 fully saturated rings. The quantitative estimate of drug-likeness (QED) is 0.643. The summed E-state index contributed by atoms with van der Waals surface area (Å²) in [6.07, 6.45) is 5.19. The molecule has 1 aromatic rings. The van der Waals surface area contributed by atoms with Gasteiger partial charge in [-0.25, -0.2) is 0 Å². The minimum Gasteiger partial charge on any atom is -0.378 e. The number of anilines is 1. The fraction of sp³-hybridized carbons (Fsp3) is 0.615. The Labute approximate surface area is 112 Å². The van der Waals surface area contributed by atoms with Gasteiger partial charge in [0.05, 0.1) is 4.92 Å². The number of nitrogens with zero attached hydrogens (tertiary/aromatic N) is 2. The highest BCUT2D eigenvalue weighted by atomic mass is 16.6. The van der Waals surface area contributed by atoms with Crippen molar-refractivity contribution in [3.63, 3.8) is 0 Å². The number of nitro groups is 1. The summed E-state index contributed by atoms with van der Waals surface area (Å²) in [7, 11) is 0. The summed E-state index contributed by atoms with van der Waals surface area (Å²) in [6, 6.07) is 1.96. The first-order valence-corrected chi connectivity index (χ1v) is 6.56. The molecule has 1 aliphatic heterocycles. The Bertz CT molecular complexity index is 462. The topological polar surface area (TPSA) is 80.1 Å². The predicted octanol–water partition coefficient (Wildman–Crippen LogP) is 2.18. The zero-order valence-electron chi connectivity index (χ0n) is 11.3. The Morgan fingerprint density at radius 3 is 3.11 bits per heavy atom. The summed E-state index contributed by atoms with van der Waals surface area (Å²) in [6.45, 7) is 6.14. The van der Waals surface area contributed by atoms with Crippen molar-refractivity contribution in [1.82, 2.24) is 10.3 Å². The maximum atomic E-state index is 10.9. The van der Waals surface area contributed by atoms with Crippen LogP contribution in [0.25, 0.3) is 0 Å². The van der Waals surface area contributed by atoms with E-state index in [1.807, 2.05) is 0 Å². The second kappa shape index (κ2) is 5.52. The zero-order valence-corrected chi connectivity index (χ0v) is 11.3. The third-order valence-corrected chi connectivity index (χ3v) is 3.83. The summed E-state index contributed by atoms with van der Waals surface area (Å²) >= 11 is 0. The van der Waals surface area contributed by atoms with Gasteiger partial charge in [-0.05, 0) is 30.9 Å². The maximum absolute atomic E-state index is 10.9. The molecule has 1 saturated heterocycles. The number of aromatic nitrogens is 1. The lowest BCUT2D eigenvalue weighted by Crippen LogP contribution is -2.50. The van der Waals surface area contributed by atoms with Gasteiger partial charge in [-0.1, -0.05) is 13.8 Å². The van der Waals surface area contributed by atoms with Crippen LogP contribution in [-0.2, 0) is 0 Å². The van der Waals surface area contributed by atoms with Gasteiger partial charge in [0.15, 0.2) is 0 Å². The van der Waals surface area contributed by atoms with E-state index in [4.69, 9.17) is 0 Å². The molecule has 6 nitrogen and oxygen atoms in total. The molecule has 1 aliphatic rings. The summed E-state index contributed by atoms with van der Waals surface area (Å²) in [5.41, 5.74) is 0.756. The lowest BCUT2D eigenvalue weighted by Gasteiger charge is -2.39. The Balaban J connectivity index is 2.04. The molecule has 0 saturated carbocycles. The average Bonchev–Trinajstić information content (AvgIpc) is 2.37. The molecule has 0 bridgehead atoms. The largest absolute Gasteiger partial charge is 0.378 e. The third kappa shape index (κ3) is 3.20. The molecule has 2 rings (SSSR count). The number of piperidine rings is 1. The predicted molar refractivity (Wildman–Crippen MR) is 74.2 cm³/mol. The van der Waals surface area contributed by atoms with E-state index in [1.54, 1.807) is 12.3 Å². The average molecular weight is 264 g/mol. The minimum absolute atomic E-state index is 0.0242. The van der Waals surface area contributed by atoms with Crippen LogP contribution in [-0.4, -0.2) is 29.0 Å². The summed E-state index contributed by atoms with van der Waals surface area (Å²) < 4.78 is 0. The molecule has 6 heteroatoms. The van der Waals surface area contributed by atoms with E-state index in [1.165, 1.54) is 19.0 Å². The van der Waals surface area contributed by atoms with Crippen molar-refractivity contribution in [2.45, 2.75) is 32.7 Å². The van der Waals surface area contributed by atoms with Crippen molar-refractivity contribution >= 4 is 11.4 Å². The summed E-state index contributed by atoms with van der Waals surface area (Å²) in [5, 5.41) is 17.6. The van der Waals surface area contributed by atoms with Gasteiger partial charge in [-0.3, -0.25) is 15.1 Å². The van der Waals surface area contributed by atoms with Crippen molar-refractivity contribution in [3.8, 4) is 0 Å². The van der Waals surface area contributed by atoms with Crippen LogP contribution in [0.15, 0.2) is 18.5 Å². The van der Waals surface area contributed by atoms with Gasteiger partial charge in [0.25, 0.3) is 0 Å². The molecule has 1 aromatic heterocycles. The second-order valence-corrected chi connectivity index (χ2v) is 5.63. The van der Waals surface area contributed by atoms with Crippen molar-refractivity contribution in [3.05, 3.63) is 28.6 Å². The molecule has 0 aromatic carbocycles. The van der Waals surface area contributed by atoms with Gasteiger partial charge in [-0.15, -0.1) is 0 Å². The molecule has 104 valence electrons. The number of rotatable bonds is 4. The lowest BCUT2D eigenvalue weighted by molar-refractivity contribution is -0.384. The standard InChI is InChI=1S/C13H20N4O2/c1-13(2)5-3-6-15-12(13)9-16-10-4-7-14-8-11(10)17(18)19/h4,7-8,12,15H,3,5-6,9H2,1-2H3,(H,14,16). The van der Waals surface area contributed by atoms with E-state index in [9.17, 15) is 10.1 Å². The fourth-order valence-corrected chi connectivity index (χ4v) is 2.51. The molecule has 0 aliphatic carbocycles. The number of hydrogen-bond donors (Lipinski definition) is 2. The molecule has 0 radical (unpaired) electrons. The van der Waals surface area contributed by atoms with Crippen LogP contribution in [0, 0.1) is 15.5 Å². The molecule has 0 amide bonds. The van der Waals surface area contributed by atoms with Crippen LogP contribution in [0.5, 0.6) is 0 Å². The van der Waals surface area contributed by atoms with Gasteiger partial charge in [0.2, 0.25) is 0 Å². The van der Waals surface area contributed by atoms with Crippen LogP contribution in [0.3, 0.4) is 0 Å². The highest BCUT2D eigenvalue weighted by Crippen LogP contribution is 2.31. The third-order valence-electron chi connectivity index (χ3n) is 3.83. The van der Waals surface area contributed by atoms with Crippen LogP contribution in [0.2, 0.25) is 0 Å². The fourth-order valence-electron chi connectivity index (χ4n) is 2.51. The Hall–Kier alpha value is -1.69. The zero-order chi connectivity index (χ0) is 13.9. The summed E-state index contributed by atoms with van der Waals surface area (Å²) in [4.78, 5) is 14.3.